The van der Waals surface area contributed by atoms with Crippen molar-refractivity contribution in [2.75, 3.05) is 26.5 Å². The van der Waals surface area contributed by atoms with Gasteiger partial charge in [0.05, 0.1) is 12.7 Å². The Kier molecular flexibility index (Phi) is 12.4. The zero-order valence-electron chi connectivity index (χ0n) is 13.4. The Bertz CT molecular complexity index is 230. The summed E-state index contributed by atoms with van der Waals surface area (Å²) >= 11 is 0. The molecule has 0 aromatic carbocycles. The lowest BCUT2D eigenvalue weighted by Gasteiger charge is -2.30. The lowest BCUT2D eigenvalue weighted by molar-refractivity contribution is 0.0555. The van der Waals surface area contributed by atoms with Gasteiger partial charge >= 0.3 is 8.80 Å². The average Bonchev–Trinajstić information content (AvgIpc) is 2.44. The molecule has 0 spiro atoms. The van der Waals surface area contributed by atoms with Crippen molar-refractivity contribution in [3.8, 4) is 0 Å². The smallest absolute Gasteiger partial charge is 0.374 e. The molecule has 0 aliphatic heterocycles. The lowest BCUT2D eigenvalue weighted by Crippen LogP contribution is -2.49. The first-order chi connectivity index (χ1) is 10.0. The van der Waals surface area contributed by atoms with Gasteiger partial charge in [-0.15, -0.1) is 0 Å². The molecule has 0 rings (SSSR count). The van der Waals surface area contributed by atoms with E-state index in [9.17, 15) is 13.2 Å². The van der Waals surface area contributed by atoms with E-state index in [2.05, 4.69) is 0 Å². The van der Waals surface area contributed by atoms with Crippen LogP contribution < -0.4 is 0 Å². The molecule has 2 unspecified atom stereocenters. The van der Waals surface area contributed by atoms with Gasteiger partial charge in [-0.1, -0.05) is 12.8 Å². The first-order valence-corrected chi connectivity index (χ1v) is 9.74. The number of unbranched alkanes of at least 4 members (excludes halogenated alkanes) is 2. The number of halogens is 3. The quantitative estimate of drug-likeness (QED) is 0.352. The summed E-state index contributed by atoms with van der Waals surface area (Å²) in [5.41, 5.74) is 0. The van der Waals surface area contributed by atoms with Gasteiger partial charge in [0.1, 0.15) is 12.3 Å². The summed E-state index contributed by atoms with van der Waals surface area (Å²) in [5, 5.41) is 0. The molecule has 2 atom stereocenters. The van der Waals surface area contributed by atoms with E-state index in [0.717, 1.165) is 0 Å². The fourth-order valence-corrected chi connectivity index (χ4v) is 4.78. The van der Waals surface area contributed by atoms with Crippen LogP contribution in [0.25, 0.3) is 0 Å². The van der Waals surface area contributed by atoms with E-state index < -0.39 is 27.8 Å². The number of alkyl halides is 3. The van der Waals surface area contributed by atoms with Gasteiger partial charge in [0.25, 0.3) is 0 Å². The van der Waals surface area contributed by atoms with E-state index in [4.69, 9.17) is 13.3 Å². The molecule has 0 aromatic rings. The van der Waals surface area contributed by atoms with E-state index in [1.165, 1.54) is 0 Å². The normalized spacial score (nSPS) is 15.1. The number of hydrogen-bond donors (Lipinski definition) is 0. The monoisotopic (exact) mass is 330 g/mol. The third-order valence-electron chi connectivity index (χ3n) is 3.04. The largest absolute Gasteiger partial charge is 0.504 e. The Morgan fingerprint density at radius 3 is 1.76 bits per heavy atom. The highest BCUT2D eigenvalue weighted by Gasteiger charge is 2.45. The van der Waals surface area contributed by atoms with E-state index in [1.54, 1.807) is 20.8 Å². The van der Waals surface area contributed by atoms with Gasteiger partial charge in [-0.05, 0) is 33.6 Å². The Hall–Kier alpha value is -0.113. The summed E-state index contributed by atoms with van der Waals surface area (Å²) in [6.45, 7) is 5.93. The highest BCUT2D eigenvalue weighted by atomic mass is 28.4. The van der Waals surface area contributed by atoms with Crippen LogP contribution in [0.5, 0.6) is 0 Å². The molecule has 0 heterocycles. The molecule has 128 valence electrons. The van der Waals surface area contributed by atoms with Gasteiger partial charge in [-0.25, -0.2) is 8.78 Å². The van der Waals surface area contributed by atoms with E-state index in [-0.39, 0.29) is 12.5 Å². The SMILES string of the molecule is CCO[Si](CC(F)C(F)CCCCCF)(OCC)OCC. The molecule has 0 fully saturated rings. The van der Waals surface area contributed by atoms with Crippen LogP contribution in [0.3, 0.4) is 0 Å². The summed E-state index contributed by atoms with van der Waals surface area (Å²) in [7, 11) is -3.15. The fourth-order valence-electron chi connectivity index (χ4n) is 2.12. The van der Waals surface area contributed by atoms with Crippen molar-refractivity contribution in [1.29, 1.82) is 0 Å². The molecule has 0 bridgehead atoms. The molecule has 0 saturated heterocycles. The maximum atomic E-state index is 14.1. The highest BCUT2D eigenvalue weighted by molar-refractivity contribution is 6.60. The third kappa shape index (κ3) is 8.80. The van der Waals surface area contributed by atoms with Crippen molar-refractivity contribution in [2.24, 2.45) is 0 Å². The lowest BCUT2D eigenvalue weighted by atomic mass is 10.1. The van der Waals surface area contributed by atoms with Crippen LogP contribution in [0.4, 0.5) is 13.2 Å². The summed E-state index contributed by atoms with van der Waals surface area (Å²) in [6, 6.07) is -0.174. The number of hydrogen-bond acceptors (Lipinski definition) is 3. The zero-order valence-corrected chi connectivity index (χ0v) is 14.4. The number of rotatable bonds is 14. The van der Waals surface area contributed by atoms with Crippen LogP contribution in [0.15, 0.2) is 0 Å². The van der Waals surface area contributed by atoms with Gasteiger partial charge < -0.3 is 13.3 Å². The predicted octanol–water partition coefficient (Wildman–Crippen LogP) is 4.24. The van der Waals surface area contributed by atoms with Crippen molar-refractivity contribution in [3.05, 3.63) is 0 Å². The van der Waals surface area contributed by atoms with E-state index in [0.29, 0.717) is 39.1 Å². The van der Waals surface area contributed by atoms with Gasteiger partial charge in [0, 0.05) is 19.8 Å². The van der Waals surface area contributed by atoms with E-state index >= 15 is 0 Å². The third-order valence-corrected chi connectivity index (χ3v) is 6.12. The van der Waals surface area contributed by atoms with Gasteiger partial charge in [-0.2, -0.15) is 0 Å². The topological polar surface area (TPSA) is 27.7 Å². The van der Waals surface area contributed by atoms with Crippen molar-refractivity contribution in [3.63, 3.8) is 0 Å². The minimum atomic E-state index is -3.15. The van der Waals surface area contributed by atoms with Gasteiger partial charge in [0.2, 0.25) is 0 Å². The van der Waals surface area contributed by atoms with Gasteiger partial charge in [0.15, 0.2) is 0 Å². The minimum Gasteiger partial charge on any atom is -0.374 e. The standard InChI is InChI=1S/C14H29F3O3Si/c1-4-18-21(19-5-2,20-6-3)12-14(17)13(16)10-8-7-9-11-15/h13-14H,4-12H2,1-3H3. The second-order valence-electron chi connectivity index (χ2n) is 4.76. The van der Waals surface area contributed by atoms with Crippen LogP contribution in [0.1, 0.15) is 46.5 Å². The molecule has 0 amide bonds. The molecule has 0 aromatic heterocycles. The van der Waals surface area contributed by atoms with Crippen molar-refractivity contribution < 1.29 is 26.4 Å². The molecule has 0 N–H and O–H groups in total. The van der Waals surface area contributed by atoms with Crippen LogP contribution in [-0.2, 0) is 13.3 Å². The maximum Gasteiger partial charge on any atom is 0.504 e. The minimum absolute atomic E-state index is 0.0933. The molecule has 0 radical (unpaired) electrons. The summed E-state index contributed by atoms with van der Waals surface area (Å²) < 4.78 is 56.5. The van der Waals surface area contributed by atoms with E-state index in [1.807, 2.05) is 0 Å². The Morgan fingerprint density at radius 1 is 0.810 bits per heavy atom. The van der Waals surface area contributed by atoms with Crippen molar-refractivity contribution >= 4 is 8.80 Å². The molecular weight excluding hydrogens is 301 g/mol. The second kappa shape index (κ2) is 12.4. The first-order valence-electron chi connectivity index (χ1n) is 7.81. The maximum absolute atomic E-state index is 14.1. The second-order valence-corrected chi connectivity index (χ2v) is 7.40. The summed E-state index contributed by atoms with van der Waals surface area (Å²) in [4.78, 5) is 0. The average molecular weight is 330 g/mol. The van der Waals surface area contributed by atoms with Crippen molar-refractivity contribution in [2.45, 2.75) is 64.8 Å². The van der Waals surface area contributed by atoms with Gasteiger partial charge in [-0.3, -0.25) is 4.39 Å². The Balaban J connectivity index is 4.44. The highest BCUT2D eigenvalue weighted by Crippen LogP contribution is 2.25. The first kappa shape index (κ1) is 20.9. The summed E-state index contributed by atoms with van der Waals surface area (Å²) in [6.07, 6.45) is -1.70. The Labute approximate surface area is 127 Å². The van der Waals surface area contributed by atoms with Crippen LogP contribution in [0, 0.1) is 0 Å². The van der Waals surface area contributed by atoms with Crippen LogP contribution in [-0.4, -0.2) is 47.6 Å². The molecular formula is C14H29F3O3Si. The molecule has 0 saturated carbocycles. The molecule has 3 nitrogen and oxygen atoms in total. The predicted molar refractivity (Wildman–Crippen MR) is 79.7 cm³/mol. The molecule has 21 heavy (non-hydrogen) atoms. The Morgan fingerprint density at radius 2 is 1.33 bits per heavy atom. The fraction of sp³-hybridized carbons (Fsp3) is 1.00. The molecule has 0 aliphatic rings. The van der Waals surface area contributed by atoms with Crippen LogP contribution in [0.2, 0.25) is 6.04 Å². The van der Waals surface area contributed by atoms with Crippen molar-refractivity contribution in [1.82, 2.24) is 0 Å². The summed E-state index contributed by atoms with van der Waals surface area (Å²) in [5.74, 6) is 0. The molecule has 7 heteroatoms. The zero-order chi connectivity index (χ0) is 16.1. The molecule has 0 aliphatic carbocycles. The van der Waals surface area contributed by atoms with Crippen LogP contribution >= 0.6 is 0 Å².